The van der Waals surface area contributed by atoms with Crippen molar-refractivity contribution in [1.82, 2.24) is 19.5 Å². The summed E-state index contributed by atoms with van der Waals surface area (Å²) >= 11 is -0.440. The first-order valence-electron chi connectivity index (χ1n) is 10.3. The zero-order valence-corrected chi connectivity index (χ0v) is 19.5. The van der Waals surface area contributed by atoms with Crippen molar-refractivity contribution in [2.45, 2.75) is 25.6 Å². The molecule has 0 aliphatic carbocycles. The van der Waals surface area contributed by atoms with E-state index in [2.05, 4.69) is 56.8 Å². The Kier molecular flexibility index (Phi) is 5.29. The molecular formula is C25H22AsFN4. The minimum atomic E-state index is -0.440. The molecule has 0 aliphatic rings. The summed E-state index contributed by atoms with van der Waals surface area (Å²) in [7, 11) is 0. The van der Waals surface area contributed by atoms with Crippen molar-refractivity contribution in [3.8, 4) is 11.3 Å². The Hall–Kier alpha value is -3.04. The number of hydrogen-bond donors (Lipinski definition) is 0. The molecule has 0 radical (unpaired) electrons. The summed E-state index contributed by atoms with van der Waals surface area (Å²) in [6.07, 6.45) is 3.47. The third-order valence-electron chi connectivity index (χ3n) is 5.61. The van der Waals surface area contributed by atoms with Crippen LogP contribution in [0.15, 0.2) is 67.1 Å². The molecule has 0 fully saturated rings. The summed E-state index contributed by atoms with van der Waals surface area (Å²) in [5.41, 5.74) is 6.14. The molecule has 1 atom stereocenters. The average Bonchev–Trinajstić information content (AvgIpc) is 3.09. The standard InChI is InChI=1S/C25H22AsFN4/c1-16-10-20(27)13-24-21(16)11-17(2)31(24)9-7-26-25-14-23(29-15-30-25)19-5-6-22-18(12-19)4-3-8-28-22/h3-6,8,10-15,26H,7,9H2,1-2H3. The van der Waals surface area contributed by atoms with Gasteiger partial charge in [-0.25, -0.2) is 0 Å². The Balaban J connectivity index is 1.35. The molecule has 5 rings (SSSR count). The zero-order chi connectivity index (χ0) is 21.4. The van der Waals surface area contributed by atoms with Crippen LogP contribution in [0.2, 0.25) is 5.21 Å². The van der Waals surface area contributed by atoms with Crippen molar-refractivity contribution >= 4 is 42.0 Å². The number of aromatic nitrogens is 4. The molecule has 31 heavy (non-hydrogen) atoms. The monoisotopic (exact) mass is 472 g/mol. The number of halogens is 1. The van der Waals surface area contributed by atoms with Crippen molar-refractivity contribution in [2.24, 2.45) is 0 Å². The Labute approximate surface area is 186 Å². The fraction of sp³-hybridized carbons (Fsp3) is 0.160. The van der Waals surface area contributed by atoms with Crippen LogP contribution in [0.1, 0.15) is 11.3 Å². The summed E-state index contributed by atoms with van der Waals surface area (Å²) in [5, 5.41) is 3.28. The summed E-state index contributed by atoms with van der Waals surface area (Å²) < 4.78 is 17.3. The van der Waals surface area contributed by atoms with Gasteiger partial charge in [-0.3, -0.25) is 0 Å². The predicted molar refractivity (Wildman–Crippen MR) is 126 cm³/mol. The number of aryl methyl sites for hydroxylation is 3. The van der Waals surface area contributed by atoms with Gasteiger partial charge >= 0.3 is 187 Å². The number of nitrogens with zero attached hydrogens (tertiary/aromatic N) is 4. The van der Waals surface area contributed by atoms with Crippen molar-refractivity contribution < 1.29 is 4.39 Å². The minimum absolute atomic E-state index is 0.175. The van der Waals surface area contributed by atoms with Gasteiger partial charge in [0.15, 0.2) is 0 Å². The van der Waals surface area contributed by atoms with Crippen LogP contribution in [-0.2, 0) is 6.54 Å². The molecule has 0 N–H and O–H groups in total. The van der Waals surface area contributed by atoms with Crippen LogP contribution in [0.5, 0.6) is 0 Å². The third-order valence-corrected chi connectivity index (χ3v) is 7.93. The molecule has 5 aromatic rings. The molecule has 1 unspecified atom stereocenters. The van der Waals surface area contributed by atoms with Crippen molar-refractivity contribution in [2.75, 3.05) is 0 Å². The van der Waals surface area contributed by atoms with Gasteiger partial charge in [-0.15, -0.1) is 0 Å². The summed E-state index contributed by atoms with van der Waals surface area (Å²) in [6, 6.07) is 17.7. The molecule has 0 spiro atoms. The van der Waals surface area contributed by atoms with Crippen LogP contribution in [0.25, 0.3) is 33.1 Å². The van der Waals surface area contributed by atoms with Gasteiger partial charge in [0.2, 0.25) is 0 Å². The topological polar surface area (TPSA) is 43.6 Å². The molecule has 0 saturated heterocycles. The first-order chi connectivity index (χ1) is 15.1. The maximum absolute atomic E-state index is 14.0. The Morgan fingerprint density at radius 1 is 0.968 bits per heavy atom. The van der Waals surface area contributed by atoms with Crippen LogP contribution in [0.3, 0.4) is 0 Å². The number of rotatable bonds is 5. The van der Waals surface area contributed by atoms with Gasteiger partial charge in [0, 0.05) is 0 Å². The molecule has 0 amide bonds. The van der Waals surface area contributed by atoms with Crippen LogP contribution in [0.4, 0.5) is 4.39 Å². The van der Waals surface area contributed by atoms with E-state index in [4.69, 9.17) is 0 Å². The SMILES string of the molecule is Cc1cc(F)cc2c1cc(C)n2CC[AsH]c1cc(-c2ccc3ncccc3c2)ncn1. The second kappa shape index (κ2) is 8.24. The molecule has 6 heteroatoms. The molecule has 2 aromatic carbocycles. The van der Waals surface area contributed by atoms with Crippen LogP contribution in [0, 0.1) is 19.7 Å². The number of benzene rings is 2. The first-order valence-corrected chi connectivity index (χ1v) is 12.8. The fourth-order valence-corrected chi connectivity index (χ4v) is 6.12. The second-order valence-corrected chi connectivity index (χ2v) is 10.6. The van der Waals surface area contributed by atoms with E-state index in [1.165, 1.54) is 5.69 Å². The summed E-state index contributed by atoms with van der Waals surface area (Å²) in [5.74, 6) is -0.175. The maximum atomic E-state index is 14.0. The van der Waals surface area contributed by atoms with Crippen LogP contribution >= 0.6 is 0 Å². The number of pyridine rings is 1. The molecule has 0 saturated carbocycles. The van der Waals surface area contributed by atoms with E-state index in [0.29, 0.717) is 0 Å². The summed E-state index contributed by atoms with van der Waals surface area (Å²) in [4.78, 5) is 13.4. The zero-order valence-electron chi connectivity index (χ0n) is 17.4. The van der Waals surface area contributed by atoms with E-state index in [1.54, 1.807) is 24.7 Å². The van der Waals surface area contributed by atoms with Crippen LogP contribution < -0.4 is 4.48 Å². The summed E-state index contributed by atoms with van der Waals surface area (Å²) in [6.45, 7) is 4.93. The second-order valence-electron chi connectivity index (χ2n) is 7.72. The van der Waals surface area contributed by atoms with E-state index in [-0.39, 0.29) is 5.82 Å². The van der Waals surface area contributed by atoms with E-state index in [1.807, 2.05) is 19.1 Å². The van der Waals surface area contributed by atoms with Gasteiger partial charge in [-0.1, -0.05) is 0 Å². The molecular weight excluding hydrogens is 450 g/mol. The van der Waals surface area contributed by atoms with E-state index < -0.39 is 15.8 Å². The van der Waals surface area contributed by atoms with Crippen LogP contribution in [-0.4, -0.2) is 35.3 Å². The predicted octanol–water partition coefficient (Wildman–Crippen LogP) is 4.58. The first kappa shape index (κ1) is 19.9. The van der Waals surface area contributed by atoms with Crippen molar-refractivity contribution in [3.63, 3.8) is 0 Å². The van der Waals surface area contributed by atoms with Gasteiger partial charge in [0.05, 0.1) is 0 Å². The Morgan fingerprint density at radius 3 is 2.77 bits per heavy atom. The van der Waals surface area contributed by atoms with Gasteiger partial charge < -0.3 is 0 Å². The third kappa shape index (κ3) is 3.98. The molecule has 0 bridgehead atoms. The van der Waals surface area contributed by atoms with Gasteiger partial charge in [-0.2, -0.15) is 0 Å². The molecule has 3 aromatic heterocycles. The normalized spacial score (nSPS) is 11.8. The quantitative estimate of drug-likeness (QED) is 0.352. The average molecular weight is 472 g/mol. The van der Waals surface area contributed by atoms with E-state index >= 15 is 0 Å². The fourth-order valence-electron chi connectivity index (χ4n) is 4.06. The molecule has 4 nitrogen and oxygen atoms in total. The Morgan fingerprint density at radius 2 is 1.87 bits per heavy atom. The van der Waals surface area contributed by atoms with Crippen molar-refractivity contribution in [3.05, 3.63) is 84.2 Å². The van der Waals surface area contributed by atoms with Gasteiger partial charge in [0.1, 0.15) is 0 Å². The van der Waals surface area contributed by atoms with Gasteiger partial charge in [-0.05, 0) is 0 Å². The number of hydrogen-bond acceptors (Lipinski definition) is 3. The molecule has 3 heterocycles. The van der Waals surface area contributed by atoms with E-state index in [0.717, 1.165) is 54.9 Å². The number of fused-ring (bicyclic) bond motifs is 2. The Bertz CT molecular complexity index is 1410. The van der Waals surface area contributed by atoms with Crippen molar-refractivity contribution in [1.29, 1.82) is 0 Å². The van der Waals surface area contributed by atoms with E-state index in [9.17, 15) is 4.39 Å². The molecule has 154 valence electrons. The van der Waals surface area contributed by atoms with Gasteiger partial charge in [0.25, 0.3) is 0 Å². The molecule has 0 aliphatic heterocycles.